The van der Waals surface area contributed by atoms with Crippen LogP contribution in [-0.2, 0) is 4.74 Å². The van der Waals surface area contributed by atoms with Gasteiger partial charge in [-0.25, -0.2) is 4.79 Å². The van der Waals surface area contributed by atoms with E-state index in [2.05, 4.69) is 5.32 Å². The Bertz CT molecular complexity index is 535. The van der Waals surface area contributed by atoms with Crippen molar-refractivity contribution in [2.45, 2.75) is 26.4 Å². The molecule has 0 aliphatic heterocycles. The number of hydrogen-bond acceptors (Lipinski definition) is 4. The summed E-state index contributed by atoms with van der Waals surface area (Å²) in [6.45, 7) is 5.79. The molecule has 1 amide bonds. The van der Waals surface area contributed by atoms with Gasteiger partial charge in [0, 0.05) is 6.54 Å². The number of ether oxygens (including phenoxy) is 2. The van der Waals surface area contributed by atoms with E-state index in [9.17, 15) is 9.90 Å². The van der Waals surface area contributed by atoms with Crippen molar-refractivity contribution in [1.29, 1.82) is 0 Å². The molecule has 5 nitrogen and oxygen atoms in total. The highest BCUT2D eigenvalue weighted by Gasteiger charge is 2.15. The summed E-state index contributed by atoms with van der Waals surface area (Å²) >= 11 is 2.03. The molecule has 0 fully saturated rings. The van der Waals surface area contributed by atoms with Gasteiger partial charge >= 0.3 is 6.09 Å². The zero-order valence-electron chi connectivity index (χ0n) is 12.6. The molecule has 0 atom stereocenters. The Labute approximate surface area is 138 Å². The van der Waals surface area contributed by atoms with Crippen molar-refractivity contribution >= 4 is 34.8 Å². The number of phenolic OH excluding ortho intramolecular Hbond substituents is 1. The first kappa shape index (κ1) is 17.6. The number of methoxy groups -OCH3 is 1. The third kappa shape index (κ3) is 6.24. The van der Waals surface area contributed by atoms with Gasteiger partial charge in [0.15, 0.2) is 11.5 Å². The van der Waals surface area contributed by atoms with Gasteiger partial charge in [-0.1, -0.05) is 12.2 Å². The van der Waals surface area contributed by atoms with Crippen LogP contribution in [0.3, 0.4) is 0 Å². The second-order valence-corrected chi connectivity index (χ2v) is 6.50. The average Bonchev–Trinajstić information content (AvgIpc) is 2.36. The highest BCUT2D eigenvalue weighted by atomic mass is 127. The summed E-state index contributed by atoms with van der Waals surface area (Å²) in [6.07, 6.45) is 3.18. The summed E-state index contributed by atoms with van der Waals surface area (Å²) in [7, 11) is 1.50. The van der Waals surface area contributed by atoms with Crippen molar-refractivity contribution in [1.82, 2.24) is 5.32 Å². The lowest BCUT2D eigenvalue weighted by Gasteiger charge is -2.19. The van der Waals surface area contributed by atoms with Crippen molar-refractivity contribution in [2.75, 3.05) is 13.7 Å². The number of nitrogens with one attached hydrogen (secondary N) is 1. The summed E-state index contributed by atoms with van der Waals surface area (Å²) in [5, 5.41) is 12.4. The molecule has 0 aliphatic rings. The summed E-state index contributed by atoms with van der Waals surface area (Å²) in [5.41, 5.74) is 0.369. The average molecular weight is 405 g/mol. The van der Waals surface area contributed by atoms with E-state index in [1.165, 1.54) is 7.11 Å². The van der Waals surface area contributed by atoms with Crippen LogP contribution in [-0.4, -0.2) is 30.5 Å². The maximum atomic E-state index is 11.4. The van der Waals surface area contributed by atoms with Gasteiger partial charge in [-0.3, -0.25) is 0 Å². The lowest BCUT2D eigenvalue weighted by Crippen LogP contribution is -2.32. The van der Waals surface area contributed by atoms with Crippen molar-refractivity contribution in [2.24, 2.45) is 0 Å². The van der Waals surface area contributed by atoms with Crippen molar-refractivity contribution < 1.29 is 19.4 Å². The fourth-order valence-corrected chi connectivity index (χ4v) is 2.12. The third-order valence-corrected chi connectivity index (χ3v) is 3.17. The van der Waals surface area contributed by atoms with E-state index in [-0.39, 0.29) is 5.75 Å². The number of carbonyl (C=O) groups excluding carboxylic acids is 1. The van der Waals surface area contributed by atoms with E-state index < -0.39 is 11.7 Å². The predicted molar refractivity (Wildman–Crippen MR) is 90.6 cm³/mol. The minimum atomic E-state index is -0.506. The van der Waals surface area contributed by atoms with Crippen molar-refractivity contribution in [3.63, 3.8) is 0 Å². The van der Waals surface area contributed by atoms with Crippen LogP contribution >= 0.6 is 22.6 Å². The van der Waals surface area contributed by atoms with E-state index in [4.69, 9.17) is 9.47 Å². The van der Waals surface area contributed by atoms with Gasteiger partial charge in [0.05, 0.1) is 10.7 Å². The maximum Gasteiger partial charge on any atom is 0.407 e. The summed E-state index contributed by atoms with van der Waals surface area (Å²) in [6, 6.07) is 3.55. The first-order valence-electron chi connectivity index (χ1n) is 6.43. The molecule has 116 valence electrons. The Morgan fingerprint density at radius 3 is 2.67 bits per heavy atom. The summed E-state index contributed by atoms with van der Waals surface area (Å²) < 4.78 is 10.9. The van der Waals surface area contributed by atoms with Crippen LogP contribution in [0.4, 0.5) is 4.79 Å². The Hall–Kier alpha value is -1.44. The highest BCUT2D eigenvalue weighted by molar-refractivity contribution is 14.1. The number of benzene rings is 1. The standard InChI is InChI=1S/C15H20INO4/c1-15(2,3)21-14(19)17-7-5-6-10-8-11(16)13(18)12(9-10)20-4/h5-6,8-9,18H,7H2,1-4H3,(H,17,19). The molecule has 0 spiro atoms. The monoisotopic (exact) mass is 405 g/mol. The first-order valence-corrected chi connectivity index (χ1v) is 7.50. The molecule has 0 aliphatic carbocycles. The number of alkyl carbamates (subject to hydrolysis) is 1. The van der Waals surface area contributed by atoms with Gasteiger partial charge in [0.2, 0.25) is 0 Å². The fourth-order valence-electron chi connectivity index (χ4n) is 1.50. The summed E-state index contributed by atoms with van der Waals surface area (Å²) in [4.78, 5) is 11.4. The van der Waals surface area contributed by atoms with E-state index in [0.29, 0.717) is 15.9 Å². The molecule has 1 aromatic carbocycles. The number of carbonyl (C=O) groups is 1. The predicted octanol–water partition coefficient (Wildman–Crippen LogP) is 3.54. The van der Waals surface area contributed by atoms with Crippen LogP contribution in [0.2, 0.25) is 0 Å². The van der Waals surface area contributed by atoms with Crippen LogP contribution in [0.5, 0.6) is 11.5 Å². The van der Waals surface area contributed by atoms with Crippen LogP contribution in [0.1, 0.15) is 26.3 Å². The molecule has 0 radical (unpaired) electrons. The molecular weight excluding hydrogens is 385 g/mol. The quantitative estimate of drug-likeness (QED) is 0.753. The molecule has 0 unspecified atom stereocenters. The summed E-state index contributed by atoms with van der Waals surface area (Å²) in [5.74, 6) is 0.545. The lowest BCUT2D eigenvalue weighted by atomic mass is 10.2. The lowest BCUT2D eigenvalue weighted by molar-refractivity contribution is 0.0534. The molecule has 2 N–H and O–H groups in total. The van der Waals surface area contributed by atoms with Gasteiger partial charge < -0.3 is 19.9 Å². The van der Waals surface area contributed by atoms with Gasteiger partial charge in [-0.2, -0.15) is 0 Å². The minimum absolute atomic E-state index is 0.127. The van der Waals surface area contributed by atoms with Crippen LogP contribution in [0.15, 0.2) is 18.2 Å². The molecule has 0 heterocycles. The number of rotatable bonds is 4. The largest absolute Gasteiger partial charge is 0.504 e. The second-order valence-electron chi connectivity index (χ2n) is 5.34. The van der Waals surface area contributed by atoms with E-state index in [1.54, 1.807) is 12.1 Å². The van der Waals surface area contributed by atoms with Crippen LogP contribution in [0, 0.1) is 3.57 Å². The molecule has 0 saturated heterocycles. The fraction of sp³-hybridized carbons (Fsp3) is 0.400. The van der Waals surface area contributed by atoms with Gasteiger partial charge in [-0.15, -0.1) is 0 Å². The number of halogens is 1. The number of phenols is 1. The molecule has 0 bridgehead atoms. The van der Waals surface area contributed by atoms with Crippen LogP contribution < -0.4 is 10.1 Å². The molecular formula is C15H20INO4. The maximum absolute atomic E-state index is 11.4. The molecule has 0 aromatic heterocycles. The van der Waals surface area contributed by atoms with Crippen molar-refractivity contribution in [3.8, 4) is 11.5 Å². The number of hydrogen-bond donors (Lipinski definition) is 2. The van der Waals surface area contributed by atoms with Gasteiger partial charge in [-0.05, 0) is 61.1 Å². The van der Waals surface area contributed by atoms with Gasteiger partial charge in [0.25, 0.3) is 0 Å². The molecule has 6 heteroatoms. The number of aromatic hydroxyl groups is 1. The number of amides is 1. The van der Waals surface area contributed by atoms with E-state index in [0.717, 1.165) is 5.56 Å². The Kier molecular flexibility index (Phi) is 6.32. The molecule has 0 saturated carbocycles. The third-order valence-electron chi connectivity index (χ3n) is 2.34. The molecule has 1 rings (SSSR count). The van der Waals surface area contributed by atoms with Crippen LogP contribution in [0.25, 0.3) is 6.08 Å². The highest BCUT2D eigenvalue weighted by Crippen LogP contribution is 2.32. The zero-order chi connectivity index (χ0) is 16.0. The minimum Gasteiger partial charge on any atom is -0.504 e. The Morgan fingerprint density at radius 2 is 2.10 bits per heavy atom. The Balaban J connectivity index is 2.58. The smallest absolute Gasteiger partial charge is 0.407 e. The normalized spacial score (nSPS) is 11.5. The Morgan fingerprint density at radius 1 is 1.43 bits per heavy atom. The van der Waals surface area contributed by atoms with Gasteiger partial charge in [0.1, 0.15) is 5.60 Å². The van der Waals surface area contributed by atoms with E-state index >= 15 is 0 Å². The van der Waals surface area contributed by atoms with Crippen molar-refractivity contribution in [3.05, 3.63) is 27.3 Å². The molecule has 1 aromatic rings. The topological polar surface area (TPSA) is 67.8 Å². The zero-order valence-corrected chi connectivity index (χ0v) is 14.7. The second kappa shape index (κ2) is 7.53. The SMILES string of the molecule is COc1cc(C=CCNC(=O)OC(C)(C)C)cc(I)c1O. The first-order chi connectivity index (χ1) is 9.73. The van der Waals surface area contributed by atoms with E-state index in [1.807, 2.05) is 55.5 Å². The molecule has 21 heavy (non-hydrogen) atoms.